The van der Waals surface area contributed by atoms with Crippen molar-refractivity contribution in [3.8, 4) is 0 Å². The second-order valence-electron chi connectivity index (χ2n) is 9.42. The van der Waals surface area contributed by atoms with Crippen LogP contribution < -0.4 is 10.2 Å². The first kappa shape index (κ1) is 28.3. The van der Waals surface area contributed by atoms with E-state index in [4.69, 9.17) is 0 Å². The fraction of sp³-hybridized carbons (Fsp3) is 0.286. The third-order valence-electron chi connectivity index (χ3n) is 6.42. The van der Waals surface area contributed by atoms with Gasteiger partial charge in [-0.05, 0) is 44.2 Å². The van der Waals surface area contributed by atoms with E-state index in [-0.39, 0.29) is 23.7 Å². The van der Waals surface area contributed by atoms with E-state index in [1.54, 1.807) is 58.0 Å². The molecule has 0 spiro atoms. The summed E-state index contributed by atoms with van der Waals surface area (Å²) in [5.74, 6) is 1.91. The Morgan fingerprint density at radius 3 is 2.50 bits per heavy atom. The number of nitrogens with one attached hydrogen (secondary N) is 1. The number of amides is 1. The number of aromatic nitrogens is 2. The van der Waals surface area contributed by atoms with E-state index in [9.17, 15) is 22.8 Å². The Kier molecular flexibility index (Phi) is 8.20. The second kappa shape index (κ2) is 11.6. The van der Waals surface area contributed by atoms with Crippen LogP contribution in [0, 0.1) is 12.7 Å². The number of hydrogen-bond acceptors (Lipinski definition) is 8. The van der Waals surface area contributed by atoms with Crippen molar-refractivity contribution in [1.29, 1.82) is 0 Å². The maximum atomic E-state index is 14.8. The Balaban J connectivity index is 1.68. The van der Waals surface area contributed by atoms with Gasteiger partial charge in [-0.1, -0.05) is 18.2 Å². The molecule has 0 radical (unpaired) electrons. The predicted octanol–water partition coefficient (Wildman–Crippen LogP) is 4.61. The molecule has 1 amide bonds. The highest BCUT2D eigenvalue weighted by Gasteiger charge is 2.22. The highest BCUT2D eigenvalue weighted by Crippen LogP contribution is 2.32. The van der Waals surface area contributed by atoms with Gasteiger partial charge in [0.05, 0.1) is 17.1 Å². The van der Waals surface area contributed by atoms with Crippen LogP contribution in [0.5, 0.6) is 0 Å². The molecule has 40 heavy (non-hydrogen) atoms. The Hall–Kier alpha value is -4.70. The summed E-state index contributed by atoms with van der Waals surface area (Å²) in [6.07, 6.45) is 0.227. The van der Waals surface area contributed by atoms with Gasteiger partial charge in [-0.3, -0.25) is 4.79 Å². The van der Waals surface area contributed by atoms with Crippen LogP contribution in [0.4, 0.5) is 24.7 Å². The summed E-state index contributed by atoms with van der Waals surface area (Å²) >= 11 is 0. The molecule has 2 heterocycles. The minimum absolute atomic E-state index is 0.0867. The summed E-state index contributed by atoms with van der Waals surface area (Å²) in [4.78, 5) is 35.8. The summed E-state index contributed by atoms with van der Waals surface area (Å²) in [6, 6.07) is 8.66. The van der Waals surface area contributed by atoms with Gasteiger partial charge in [-0.25, -0.2) is 32.9 Å². The summed E-state index contributed by atoms with van der Waals surface area (Å²) in [6.45, 7) is 3.24. The highest BCUT2D eigenvalue weighted by atomic mass is 19.3. The van der Waals surface area contributed by atoms with Crippen molar-refractivity contribution in [1.82, 2.24) is 19.9 Å². The third kappa shape index (κ3) is 5.81. The number of amidine groups is 1. The smallest absolute Gasteiger partial charge is 0.266 e. The van der Waals surface area contributed by atoms with Crippen molar-refractivity contribution < 1.29 is 22.8 Å². The normalized spacial score (nSPS) is 13.8. The zero-order valence-corrected chi connectivity index (χ0v) is 22.6. The lowest BCUT2D eigenvalue weighted by Crippen LogP contribution is -2.37. The quantitative estimate of drug-likeness (QED) is 0.429. The van der Waals surface area contributed by atoms with Gasteiger partial charge in [0.25, 0.3) is 6.43 Å². The molecule has 0 bridgehead atoms. The minimum atomic E-state index is -2.93. The Labute approximate surface area is 229 Å². The molecule has 1 atom stereocenters. The summed E-state index contributed by atoms with van der Waals surface area (Å²) < 4.78 is 41.3. The zero-order chi connectivity index (χ0) is 29.1. The number of fused-ring (bicyclic) bond motifs is 1. The van der Waals surface area contributed by atoms with Crippen LogP contribution in [0.3, 0.4) is 0 Å². The lowest BCUT2D eigenvalue weighted by molar-refractivity contribution is -0.129. The fourth-order valence-corrected chi connectivity index (χ4v) is 4.14. The lowest BCUT2D eigenvalue weighted by atomic mass is 10.0. The van der Waals surface area contributed by atoms with E-state index < -0.39 is 23.8 Å². The van der Waals surface area contributed by atoms with Crippen molar-refractivity contribution in [2.45, 2.75) is 26.3 Å². The van der Waals surface area contributed by atoms with Gasteiger partial charge < -0.3 is 15.1 Å². The van der Waals surface area contributed by atoms with Crippen molar-refractivity contribution in [2.75, 3.05) is 37.9 Å². The number of hydrazone groups is 1. The van der Waals surface area contributed by atoms with Gasteiger partial charge in [-0.15, -0.1) is 0 Å². The largest absolute Gasteiger partial charge is 0.363 e. The number of carbonyl (C=O) groups excluding carboxylic acids is 2. The van der Waals surface area contributed by atoms with Crippen molar-refractivity contribution >= 4 is 40.1 Å². The minimum Gasteiger partial charge on any atom is -0.363 e. The molecule has 0 unspecified atom stereocenters. The number of rotatable bonds is 7. The topological polar surface area (TPSA) is 94.0 Å². The molecule has 1 N–H and O–H groups in total. The number of halogens is 3. The Bertz CT molecular complexity index is 1560. The van der Waals surface area contributed by atoms with E-state index >= 15 is 0 Å². The molecular weight excluding hydrogens is 523 g/mol. The van der Waals surface area contributed by atoms with Crippen LogP contribution >= 0.6 is 0 Å². The Morgan fingerprint density at radius 1 is 1.10 bits per heavy atom. The molecule has 1 aromatic heterocycles. The monoisotopic (exact) mass is 551 g/mol. The maximum absolute atomic E-state index is 14.8. The van der Waals surface area contributed by atoms with Gasteiger partial charge in [0, 0.05) is 37.8 Å². The van der Waals surface area contributed by atoms with Crippen molar-refractivity contribution in [3.05, 3.63) is 77.0 Å². The molecule has 9 nitrogen and oxygen atoms in total. The van der Waals surface area contributed by atoms with Crippen LogP contribution in [-0.4, -0.2) is 65.2 Å². The van der Waals surface area contributed by atoms with Gasteiger partial charge in [0.15, 0.2) is 11.8 Å². The molecule has 1 aliphatic rings. The standard InChI is InChI=1S/C28H28F3N7O2/c1-16(20-7-6-8-21(26(20)29)27(30)31)32-28-22-13-18(9-11-23(22)33-17(2)34-28)37(5)24-12-10-19(15-39)38(35-24)14-25(40)36(3)4/h6-13,16,27H,14H2,1-5H3,(H,32,33,34)/t16-/m1/s1. The molecule has 0 saturated carbocycles. The van der Waals surface area contributed by atoms with Crippen molar-refractivity contribution in [3.63, 3.8) is 0 Å². The third-order valence-corrected chi connectivity index (χ3v) is 6.42. The number of allylic oxidation sites excluding steroid dienone is 1. The van der Waals surface area contributed by atoms with E-state index in [1.165, 1.54) is 28.1 Å². The number of carbonyl (C=O) groups is 1. The molecule has 0 aliphatic carbocycles. The summed E-state index contributed by atoms with van der Waals surface area (Å²) in [5.41, 5.74) is 0.852. The van der Waals surface area contributed by atoms with Crippen LogP contribution in [0.15, 0.2) is 59.3 Å². The fourth-order valence-electron chi connectivity index (χ4n) is 4.14. The van der Waals surface area contributed by atoms with E-state index in [1.807, 2.05) is 12.1 Å². The Morgan fingerprint density at radius 2 is 1.82 bits per heavy atom. The predicted molar refractivity (Wildman–Crippen MR) is 147 cm³/mol. The van der Waals surface area contributed by atoms with Crippen molar-refractivity contribution in [2.24, 2.45) is 5.10 Å². The zero-order valence-electron chi connectivity index (χ0n) is 22.6. The number of alkyl halides is 2. The van der Waals surface area contributed by atoms with E-state index in [0.29, 0.717) is 34.1 Å². The SMILES string of the molecule is Cc1nc(N[C@H](C)c2cccc(C(F)F)c2F)c2cc(N(C)C3=NN(CC(=O)N(C)C)C(=C=O)C=C3)ccc2n1. The molecule has 4 rings (SSSR count). The molecule has 0 fully saturated rings. The number of anilines is 2. The second-order valence-corrected chi connectivity index (χ2v) is 9.42. The van der Waals surface area contributed by atoms with Crippen LogP contribution in [0.2, 0.25) is 0 Å². The number of nitrogens with zero attached hydrogens (tertiary/aromatic N) is 6. The molecule has 208 valence electrons. The average Bonchev–Trinajstić information content (AvgIpc) is 2.92. The molecule has 1 aliphatic heterocycles. The maximum Gasteiger partial charge on any atom is 0.266 e. The lowest BCUT2D eigenvalue weighted by Gasteiger charge is -2.27. The average molecular weight is 552 g/mol. The molecule has 12 heteroatoms. The highest BCUT2D eigenvalue weighted by molar-refractivity contribution is 6.07. The van der Waals surface area contributed by atoms with Gasteiger partial charge >= 0.3 is 0 Å². The van der Waals surface area contributed by atoms with E-state index in [2.05, 4.69) is 20.4 Å². The molecule has 3 aromatic rings. The molecule has 0 saturated heterocycles. The van der Waals surface area contributed by atoms with Gasteiger partial charge in [0.1, 0.15) is 29.7 Å². The van der Waals surface area contributed by atoms with Crippen LogP contribution in [-0.2, 0) is 9.59 Å². The summed E-state index contributed by atoms with van der Waals surface area (Å²) in [7, 11) is 4.98. The number of aryl methyl sites for hydroxylation is 1. The van der Waals surface area contributed by atoms with E-state index in [0.717, 1.165) is 6.07 Å². The first-order valence-corrected chi connectivity index (χ1v) is 12.3. The summed E-state index contributed by atoms with van der Waals surface area (Å²) in [5, 5.41) is 9.51. The number of hydrogen-bond donors (Lipinski definition) is 1. The van der Waals surface area contributed by atoms with Crippen LogP contribution in [0.25, 0.3) is 10.9 Å². The van der Waals surface area contributed by atoms with Gasteiger partial charge in [0.2, 0.25) is 5.91 Å². The molecule has 2 aromatic carbocycles. The number of likely N-dealkylation sites (N-methyl/N-ethyl adjacent to an activating group) is 2. The first-order valence-electron chi connectivity index (χ1n) is 12.3. The van der Waals surface area contributed by atoms with Crippen LogP contribution in [0.1, 0.15) is 36.3 Å². The molecular formula is C28H28F3N7O2. The first-order chi connectivity index (χ1) is 19.0. The number of benzene rings is 2. The van der Waals surface area contributed by atoms with Gasteiger partial charge in [-0.2, -0.15) is 5.10 Å².